The lowest BCUT2D eigenvalue weighted by molar-refractivity contribution is -0.128. The maximum atomic E-state index is 14.0. The molecule has 0 saturated heterocycles. The van der Waals surface area contributed by atoms with Gasteiger partial charge >= 0.3 is 0 Å². The topological polar surface area (TPSA) is 105 Å². The van der Waals surface area contributed by atoms with Crippen molar-refractivity contribution < 1.29 is 27.5 Å². The predicted octanol–water partition coefficient (Wildman–Crippen LogP) is 5.08. The molecule has 11 heteroatoms. The second-order valence-electron chi connectivity index (χ2n) is 10.4. The fraction of sp³-hybridized carbons (Fsp3) is 0.235. The number of amides is 2. The van der Waals surface area contributed by atoms with Crippen LogP contribution in [0.2, 0.25) is 5.02 Å². The highest BCUT2D eigenvalue weighted by Gasteiger charge is 2.36. The number of hydrogen-bond donors (Lipinski definition) is 1. The number of sulfonamides is 1. The van der Waals surface area contributed by atoms with Gasteiger partial charge in [0.05, 0.1) is 35.3 Å². The van der Waals surface area contributed by atoms with Gasteiger partial charge in [-0.25, -0.2) is 8.42 Å². The third-order valence-corrected chi connectivity index (χ3v) is 9.36. The molecule has 1 heterocycles. The average molecular weight is 648 g/mol. The predicted molar refractivity (Wildman–Crippen MR) is 173 cm³/mol. The van der Waals surface area contributed by atoms with Crippen molar-refractivity contribution in [2.45, 2.75) is 30.9 Å². The Labute approximate surface area is 268 Å². The van der Waals surface area contributed by atoms with E-state index in [1.807, 2.05) is 36.4 Å². The molecule has 0 radical (unpaired) electrons. The van der Waals surface area contributed by atoms with Crippen LogP contribution >= 0.6 is 11.6 Å². The first kappa shape index (κ1) is 32.0. The van der Waals surface area contributed by atoms with Crippen LogP contribution in [0.1, 0.15) is 18.1 Å². The standard InChI is InChI=1S/C34H34ClN3O6S/c1-2-43-30-18-17-27(21-28(30)35)45(41,42)37(22-26-13-7-4-8-14-26)24-33(39)38-23-32(44-31-16-10-9-15-29(31)38)34(40)36-20-19-25-11-5-3-6-12-25/h3-18,21,32H,2,19-20,22-24H2,1H3,(H,36,40)/t32-/m1/s1. The van der Waals surface area contributed by atoms with E-state index in [2.05, 4.69) is 5.32 Å². The number of nitrogens with zero attached hydrogens (tertiary/aromatic N) is 2. The van der Waals surface area contributed by atoms with Crippen molar-refractivity contribution in [3.63, 3.8) is 0 Å². The Kier molecular flexibility index (Phi) is 10.4. The smallest absolute Gasteiger partial charge is 0.262 e. The summed E-state index contributed by atoms with van der Waals surface area (Å²) in [5.41, 5.74) is 2.24. The van der Waals surface area contributed by atoms with Gasteiger partial charge in [0.25, 0.3) is 5.91 Å². The monoisotopic (exact) mass is 647 g/mol. The summed E-state index contributed by atoms with van der Waals surface area (Å²) in [6, 6.07) is 29.9. The van der Waals surface area contributed by atoms with Crippen molar-refractivity contribution in [3.8, 4) is 11.5 Å². The van der Waals surface area contributed by atoms with Gasteiger partial charge in [-0.15, -0.1) is 0 Å². The molecule has 4 aromatic carbocycles. The van der Waals surface area contributed by atoms with E-state index in [-0.39, 0.29) is 28.9 Å². The van der Waals surface area contributed by atoms with E-state index in [1.54, 1.807) is 55.5 Å². The van der Waals surface area contributed by atoms with Gasteiger partial charge in [-0.05, 0) is 54.8 Å². The zero-order valence-corrected chi connectivity index (χ0v) is 26.3. The summed E-state index contributed by atoms with van der Waals surface area (Å²) in [4.78, 5) is 28.5. The van der Waals surface area contributed by atoms with E-state index in [0.717, 1.165) is 9.87 Å². The van der Waals surface area contributed by atoms with Crippen LogP contribution in [-0.4, -0.2) is 56.9 Å². The minimum atomic E-state index is -4.20. The van der Waals surface area contributed by atoms with Crippen LogP contribution in [0.25, 0.3) is 0 Å². The second-order valence-corrected chi connectivity index (χ2v) is 12.7. The molecule has 9 nitrogen and oxygen atoms in total. The van der Waals surface area contributed by atoms with Gasteiger partial charge in [-0.2, -0.15) is 4.31 Å². The van der Waals surface area contributed by atoms with Crippen LogP contribution in [-0.2, 0) is 32.6 Å². The number of nitrogens with one attached hydrogen (secondary N) is 1. The summed E-state index contributed by atoms with van der Waals surface area (Å²) in [7, 11) is -4.20. The van der Waals surface area contributed by atoms with Crippen molar-refractivity contribution >= 4 is 39.1 Å². The number of ether oxygens (including phenoxy) is 2. The summed E-state index contributed by atoms with van der Waals surface area (Å²) >= 11 is 6.34. The highest BCUT2D eigenvalue weighted by molar-refractivity contribution is 7.89. The molecule has 1 aliphatic heterocycles. The van der Waals surface area contributed by atoms with E-state index in [4.69, 9.17) is 21.1 Å². The normalized spacial score (nSPS) is 14.4. The number of benzene rings is 4. The first-order valence-corrected chi connectivity index (χ1v) is 16.4. The Morgan fingerprint density at radius 3 is 2.31 bits per heavy atom. The van der Waals surface area contributed by atoms with E-state index < -0.39 is 28.6 Å². The first-order valence-electron chi connectivity index (χ1n) is 14.6. The molecular weight excluding hydrogens is 614 g/mol. The third-order valence-electron chi connectivity index (χ3n) is 7.28. The molecule has 0 saturated carbocycles. The molecule has 0 fully saturated rings. The van der Waals surface area contributed by atoms with Crippen molar-refractivity contribution in [3.05, 3.63) is 119 Å². The van der Waals surface area contributed by atoms with Gasteiger partial charge in [-0.1, -0.05) is 84.4 Å². The molecule has 5 rings (SSSR count). The molecule has 1 N–H and O–H groups in total. The quantitative estimate of drug-likeness (QED) is 0.230. The summed E-state index contributed by atoms with van der Waals surface area (Å²) in [6.07, 6.45) is -0.343. The minimum Gasteiger partial charge on any atom is -0.492 e. The van der Waals surface area contributed by atoms with Gasteiger partial charge in [0.1, 0.15) is 11.5 Å². The minimum absolute atomic E-state index is 0.0604. The Hall–Kier alpha value is -4.38. The van der Waals surface area contributed by atoms with Gasteiger partial charge in [0.15, 0.2) is 6.10 Å². The molecule has 4 aromatic rings. The number of anilines is 1. The molecule has 2 amide bonds. The molecule has 45 heavy (non-hydrogen) atoms. The number of carbonyl (C=O) groups is 2. The van der Waals surface area contributed by atoms with Crippen molar-refractivity contribution in [2.24, 2.45) is 0 Å². The van der Waals surface area contributed by atoms with Crippen LogP contribution in [0.4, 0.5) is 5.69 Å². The summed E-state index contributed by atoms with van der Waals surface area (Å²) in [5, 5.41) is 3.04. The van der Waals surface area contributed by atoms with Crippen molar-refractivity contribution in [1.29, 1.82) is 0 Å². The van der Waals surface area contributed by atoms with Gasteiger partial charge < -0.3 is 19.7 Å². The number of fused-ring (bicyclic) bond motifs is 1. The number of carbonyl (C=O) groups excluding carboxylic acids is 2. The van der Waals surface area contributed by atoms with Gasteiger partial charge in [-0.3, -0.25) is 9.59 Å². The largest absolute Gasteiger partial charge is 0.492 e. The van der Waals surface area contributed by atoms with Crippen LogP contribution in [0.15, 0.2) is 108 Å². The maximum Gasteiger partial charge on any atom is 0.262 e. The Morgan fingerprint density at radius 1 is 0.956 bits per heavy atom. The first-order chi connectivity index (χ1) is 21.8. The van der Waals surface area contributed by atoms with E-state index >= 15 is 0 Å². The van der Waals surface area contributed by atoms with E-state index in [9.17, 15) is 18.0 Å². The molecular formula is C34H34ClN3O6S. The number of halogens is 1. The molecule has 0 spiro atoms. The molecule has 234 valence electrons. The maximum absolute atomic E-state index is 14.0. The lowest BCUT2D eigenvalue weighted by Gasteiger charge is -2.35. The zero-order chi connectivity index (χ0) is 31.8. The Balaban J connectivity index is 1.38. The third kappa shape index (κ3) is 7.83. The van der Waals surface area contributed by atoms with E-state index in [1.165, 1.54) is 23.1 Å². The highest BCUT2D eigenvalue weighted by atomic mass is 35.5. The molecule has 1 atom stereocenters. The lowest BCUT2D eigenvalue weighted by atomic mass is 10.1. The molecule has 1 aliphatic rings. The number of hydrogen-bond acceptors (Lipinski definition) is 6. The summed E-state index contributed by atoms with van der Waals surface area (Å²) in [5.74, 6) is -0.154. The SMILES string of the molecule is CCOc1ccc(S(=O)(=O)N(CC(=O)N2C[C@H](C(=O)NCCc3ccccc3)Oc3ccccc32)Cc2ccccc2)cc1Cl. The molecule has 0 aromatic heterocycles. The van der Waals surface area contributed by atoms with Crippen LogP contribution in [0.3, 0.4) is 0 Å². The van der Waals surface area contributed by atoms with Crippen molar-refractivity contribution in [1.82, 2.24) is 9.62 Å². The van der Waals surface area contributed by atoms with Crippen LogP contribution in [0, 0.1) is 0 Å². The van der Waals surface area contributed by atoms with E-state index in [0.29, 0.717) is 42.3 Å². The zero-order valence-electron chi connectivity index (χ0n) is 24.8. The number of rotatable bonds is 12. The van der Waals surface area contributed by atoms with Crippen LogP contribution < -0.4 is 19.7 Å². The highest BCUT2D eigenvalue weighted by Crippen LogP contribution is 2.34. The Bertz CT molecular complexity index is 1740. The number of para-hydroxylation sites is 2. The molecule has 0 bridgehead atoms. The van der Waals surface area contributed by atoms with Crippen LogP contribution in [0.5, 0.6) is 11.5 Å². The lowest BCUT2D eigenvalue weighted by Crippen LogP contribution is -2.53. The molecule has 0 unspecified atom stereocenters. The second kappa shape index (κ2) is 14.6. The molecule has 0 aliphatic carbocycles. The van der Waals surface area contributed by atoms with Gasteiger partial charge in [0, 0.05) is 13.1 Å². The Morgan fingerprint density at radius 2 is 1.62 bits per heavy atom. The summed E-state index contributed by atoms with van der Waals surface area (Å²) in [6.45, 7) is 1.94. The average Bonchev–Trinajstić information content (AvgIpc) is 3.05. The van der Waals surface area contributed by atoms with Crippen molar-refractivity contribution in [2.75, 3.05) is 31.1 Å². The van der Waals surface area contributed by atoms with Gasteiger partial charge in [0.2, 0.25) is 15.9 Å². The fourth-order valence-electron chi connectivity index (χ4n) is 5.01. The fourth-order valence-corrected chi connectivity index (χ4v) is 6.71. The summed E-state index contributed by atoms with van der Waals surface area (Å²) < 4.78 is 40.6.